The van der Waals surface area contributed by atoms with Crippen LogP contribution in [0.3, 0.4) is 0 Å². The molecule has 4 heteroatoms. The van der Waals surface area contributed by atoms with Gasteiger partial charge in [0.25, 0.3) is 0 Å². The van der Waals surface area contributed by atoms with Crippen molar-refractivity contribution in [3.8, 4) is 0 Å². The van der Waals surface area contributed by atoms with E-state index in [9.17, 15) is 0 Å². The lowest BCUT2D eigenvalue weighted by molar-refractivity contribution is 0.361. The summed E-state index contributed by atoms with van der Waals surface area (Å²) < 4.78 is 0. The van der Waals surface area contributed by atoms with Crippen LogP contribution in [0.5, 0.6) is 0 Å². The van der Waals surface area contributed by atoms with Gasteiger partial charge in [-0.25, -0.2) is 4.98 Å². The minimum atomic E-state index is 0.410. The maximum Gasteiger partial charge on any atom is 0.0947 e. The van der Waals surface area contributed by atoms with Crippen molar-refractivity contribution in [2.75, 3.05) is 0 Å². The van der Waals surface area contributed by atoms with E-state index < -0.39 is 0 Å². The molecule has 0 amide bonds. The van der Waals surface area contributed by atoms with E-state index in [2.05, 4.69) is 24.3 Å². The van der Waals surface area contributed by atoms with Gasteiger partial charge in [-0.05, 0) is 32.6 Å². The molecule has 1 atom stereocenters. The third-order valence-corrected chi connectivity index (χ3v) is 4.75. The van der Waals surface area contributed by atoms with E-state index in [-0.39, 0.29) is 0 Å². The van der Waals surface area contributed by atoms with Gasteiger partial charge in [-0.1, -0.05) is 12.8 Å². The number of hydrazine groups is 1. The monoisotopic (exact) mass is 239 g/mol. The first-order valence-corrected chi connectivity index (χ1v) is 6.91. The summed E-state index contributed by atoms with van der Waals surface area (Å²) in [6.45, 7) is 4.22. The summed E-state index contributed by atoms with van der Waals surface area (Å²) in [6.07, 6.45) is 6.34. The van der Waals surface area contributed by atoms with Crippen molar-refractivity contribution in [3.63, 3.8) is 0 Å². The van der Waals surface area contributed by atoms with Gasteiger partial charge in [-0.2, -0.15) is 0 Å². The predicted molar refractivity (Wildman–Crippen MR) is 68.4 cm³/mol. The van der Waals surface area contributed by atoms with Gasteiger partial charge in [-0.3, -0.25) is 11.3 Å². The number of nitrogens with zero attached hydrogens (tertiary/aromatic N) is 1. The Morgan fingerprint density at radius 2 is 2.12 bits per heavy atom. The fraction of sp³-hybridized carbons (Fsp3) is 0.750. The van der Waals surface area contributed by atoms with Crippen LogP contribution in [-0.2, 0) is 6.42 Å². The molecule has 90 valence electrons. The zero-order valence-corrected chi connectivity index (χ0v) is 10.9. The van der Waals surface area contributed by atoms with Crippen LogP contribution in [0.2, 0.25) is 0 Å². The molecule has 1 heterocycles. The van der Waals surface area contributed by atoms with Crippen LogP contribution >= 0.6 is 11.3 Å². The Labute approximate surface area is 101 Å². The number of thiazole rings is 1. The van der Waals surface area contributed by atoms with Gasteiger partial charge in [-0.15, -0.1) is 11.3 Å². The van der Waals surface area contributed by atoms with Gasteiger partial charge in [0.1, 0.15) is 0 Å². The summed E-state index contributed by atoms with van der Waals surface area (Å²) >= 11 is 1.81. The molecule has 1 aliphatic rings. The lowest BCUT2D eigenvalue weighted by Crippen LogP contribution is -2.41. The highest BCUT2D eigenvalue weighted by molar-refractivity contribution is 7.11. The highest BCUT2D eigenvalue weighted by atomic mass is 32.1. The Morgan fingerprint density at radius 3 is 2.62 bits per heavy atom. The molecule has 3 nitrogen and oxygen atoms in total. The van der Waals surface area contributed by atoms with E-state index >= 15 is 0 Å². The molecule has 1 aliphatic carbocycles. The van der Waals surface area contributed by atoms with E-state index in [0.29, 0.717) is 6.04 Å². The van der Waals surface area contributed by atoms with E-state index in [4.69, 9.17) is 5.84 Å². The molecule has 0 spiro atoms. The first-order chi connectivity index (χ1) is 7.70. The normalized spacial score (nSPS) is 19.2. The molecule has 2 rings (SSSR count). The molecular weight excluding hydrogens is 218 g/mol. The molecule has 1 saturated carbocycles. The largest absolute Gasteiger partial charge is 0.271 e. The van der Waals surface area contributed by atoms with Crippen LogP contribution in [0.15, 0.2) is 0 Å². The lowest BCUT2D eigenvalue weighted by Gasteiger charge is -2.21. The Bertz CT molecular complexity index is 323. The van der Waals surface area contributed by atoms with Gasteiger partial charge >= 0.3 is 0 Å². The van der Waals surface area contributed by atoms with E-state index in [1.165, 1.54) is 41.3 Å². The van der Waals surface area contributed by atoms with E-state index in [1.54, 1.807) is 0 Å². The smallest absolute Gasteiger partial charge is 0.0947 e. The second-order valence-corrected chi connectivity index (χ2v) is 6.06. The van der Waals surface area contributed by atoms with Crippen molar-refractivity contribution in [2.24, 2.45) is 11.8 Å². The van der Waals surface area contributed by atoms with Crippen molar-refractivity contribution < 1.29 is 0 Å². The molecule has 1 fully saturated rings. The molecule has 0 saturated heterocycles. The molecule has 0 bridgehead atoms. The number of nitrogens with one attached hydrogen (secondary N) is 1. The van der Waals surface area contributed by atoms with Crippen molar-refractivity contribution >= 4 is 11.3 Å². The highest BCUT2D eigenvalue weighted by Crippen LogP contribution is 2.29. The molecule has 1 unspecified atom stereocenters. The molecule has 0 radical (unpaired) electrons. The molecule has 16 heavy (non-hydrogen) atoms. The van der Waals surface area contributed by atoms with Crippen LogP contribution in [0.25, 0.3) is 0 Å². The van der Waals surface area contributed by atoms with Gasteiger partial charge in [0.2, 0.25) is 0 Å². The standard InChI is InChI=1S/C12H21N3S/c1-8-9(2)16-12(14-8)7-11(15-13)10-5-3-4-6-10/h10-11,15H,3-7,13H2,1-2H3. The quantitative estimate of drug-likeness (QED) is 0.626. The third kappa shape index (κ3) is 2.62. The maximum atomic E-state index is 5.67. The number of rotatable bonds is 4. The Morgan fingerprint density at radius 1 is 1.44 bits per heavy atom. The number of aryl methyl sites for hydroxylation is 2. The minimum Gasteiger partial charge on any atom is -0.271 e. The first-order valence-electron chi connectivity index (χ1n) is 6.09. The molecular formula is C12H21N3S. The predicted octanol–water partition coefficient (Wildman–Crippen LogP) is 2.32. The molecule has 0 aromatic carbocycles. The Balaban J connectivity index is 2.00. The van der Waals surface area contributed by atoms with Gasteiger partial charge in [0, 0.05) is 17.3 Å². The van der Waals surface area contributed by atoms with Crippen molar-refractivity contribution in [3.05, 3.63) is 15.6 Å². The van der Waals surface area contributed by atoms with E-state index in [0.717, 1.165) is 12.3 Å². The Hall–Kier alpha value is -0.450. The van der Waals surface area contributed by atoms with Crippen LogP contribution < -0.4 is 11.3 Å². The third-order valence-electron chi connectivity index (χ3n) is 3.65. The van der Waals surface area contributed by atoms with Crippen molar-refractivity contribution in [1.82, 2.24) is 10.4 Å². The fourth-order valence-corrected chi connectivity index (χ4v) is 3.53. The number of hydrogen-bond acceptors (Lipinski definition) is 4. The van der Waals surface area contributed by atoms with Crippen molar-refractivity contribution in [1.29, 1.82) is 0 Å². The summed E-state index contributed by atoms with van der Waals surface area (Å²) in [6, 6.07) is 0.410. The Kier molecular flexibility index (Phi) is 3.95. The maximum absolute atomic E-state index is 5.67. The average molecular weight is 239 g/mol. The SMILES string of the molecule is Cc1nc(CC(NN)C2CCCC2)sc1C. The van der Waals surface area contributed by atoms with Crippen LogP contribution in [0.1, 0.15) is 41.3 Å². The van der Waals surface area contributed by atoms with Gasteiger partial charge < -0.3 is 0 Å². The average Bonchev–Trinajstić information content (AvgIpc) is 2.86. The summed E-state index contributed by atoms with van der Waals surface area (Å²) in [7, 11) is 0. The minimum absolute atomic E-state index is 0.410. The van der Waals surface area contributed by atoms with Crippen molar-refractivity contribution in [2.45, 2.75) is 52.0 Å². The van der Waals surface area contributed by atoms with Gasteiger partial charge in [0.15, 0.2) is 0 Å². The van der Waals surface area contributed by atoms with E-state index in [1.807, 2.05) is 11.3 Å². The zero-order chi connectivity index (χ0) is 11.5. The van der Waals surface area contributed by atoms with Crippen LogP contribution in [0, 0.1) is 19.8 Å². The molecule has 1 aromatic heterocycles. The number of hydrogen-bond donors (Lipinski definition) is 2. The summed E-state index contributed by atoms with van der Waals surface area (Å²) in [5.41, 5.74) is 4.16. The topological polar surface area (TPSA) is 50.9 Å². The molecule has 1 aromatic rings. The summed E-state index contributed by atoms with van der Waals surface area (Å²) in [5, 5.41) is 1.23. The number of aromatic nitrogens is 1. The van der Waals surface area contributed by atoms with Crippen LogP contribution in [-0.4, -0.2) is 11.0 Å². The summed E-state index contributed by atoms with van der Waals surface area (Å²) in [5.74, 6) is 6.42. The van der Waals surface area contributed by atoms with Gasteiger partial charge in [0.05, 0.1) is 10.7 Å². The first kappa shape index (κ1) is 12.0. The second kappa shape index (κ2) is 5.25. The summed E-state index contributed by atoms with van der Waals surface area (Å²) in [4.78, 5) is 5.92. The lowest BCUT2D eigenvalue weighted by atomic mass is 9.96. The second-order valence-electron chi connectivity index (χ2n) is 4.77. The zero-order valence-electron chi connectivity index (χ0n) is 10.1. The highest BCUT2D eigenvalue weighted by Gasteiger charge is 2.25. The molecule has 3 N–H and O–H groups in total. The number of nitrogens with two attached hydrogens (primary N) is 1. The molecule has 0 aliphatic heterocycles. The van der Waals surface area contributed by atoms with Crippen LogP contribution in [0.4, 0.5) is 0 Å². The fourth-order valence-electron chi connectivity index (χ4n) is 2.54.